The van der Waals surface area contributed by atoms with Crippen LogP contribution in [0.3, 0.4) is 0 Å². The predicted molar refractivity (Wildman–Crippen MR) is 74.8 cm³/mol. The minimum Gasteiger partial charge on any atom is -0.481 e. The van der Waals surface area contributed by atoms with E-state index in [4.69, 9.17) is 9.47 Å². The lowest BCUT2D eigenvalue weighted by molar-refractivity contribution is 0.233. The number of hydrogen-bond donors (Lipinski definition) is 1. The molecule has 2 rings (SSSR count). The zero-order chi connectivity index (χ0) is 13.7. The van der Waals surface area contributed by atoms with E-state index in [9.17, 15) is 0 Å². The number of ether oxygens (including phenoxy) is 2. The average Bonchev–Trinajstić information content (AvgIpc) is 2.45. The highest BCUT2D eigenvalue weighted by molar-refractivity contribution is 5.33. The zero-order valence-electron chi connectivity index (χ0n) is 12.0. The Hall–Kier alpha value is -1.52. The lowest BCUT2D eigenvalue weighted by atomic mass is 9.76. The van der Waals surface area contributed by atoms with Gasteiger partial charge in [0.1, 0.15) is 0 Å². The average molecular weight is 265 g/mol. The van der Waals surface area contributed by atoms with E-state index >= 15 is 0 Å². The van der Waals surface area contributed by atoms with E-state index in [1.54, 1.807) is 20.3 Å². The van der Waals surface area contributed by atoms with E-state index in [0.717, 1.165) is 6.54 Å². The molecule has 0 aromatic carbocycles. The molecule has 1 aromatic heterocycles. The van der Waals surface area contributed by atoms with Crippen molar-refractivity contribution in [3.63, 3.8) is 0 Å². The van der Waals surface area contributed by atoms with E-state index in [0.29, 0.717) is 23.1 Å². The summed E-state index contributed by atoms with van der Waals surface area (Å²) in [5, 5.41) is 3.32. The summed E-state index contributed by atoms with van der Waals surface area (Å²) in [7, 11) is 3.18. The van der Waals surface area contributed by atoms with Gasteiger partial charge >= 0.3 is 0 Å². The quantitative estimate of drug-likeness (QED) is 0.887. The summed E-state index contributed by atoms with van der Waals surface area (Å²) in [4.78, 5) is 8.58. The molecule has 1 aromatic rings. The van der Waals surface area contributed by atoms with E-state index in [1.807, 2.05) is 0 Å². The van der Waals surface area contributed by atoms with Gasteiger partial charge in [0.15, 0.2) is 0 Å². The van der Waals surface area contributed by atoms with Crippen molar-refractivity contribution in [2.24, 2.45) is 5.41 Å². The Balaban J connectivity index is 2.02. The Morgan fingerprint density at radius 2 is 1.68 bits per heavy atom. The summed E-state index contributed by atoms with van der Waals surface area (Å²) in [6.45, 7) is 3.22. The van der Waals surface area contributed by atoms with Crippen molar-refractivity contribution in [1.29, 1.82) is 0 Å². The van der Waals surface area contributed by atoms with Crippen molar-refractivity contribution in [3.8, 4) is 11.8 Å². The highest BCUT2D eigenvalue weighted by Gasteiger charge is 2.26. The van der Waals surface area contributed by atoms with E-state index in [1.165, 1.54) is 32.1 Å². The van der Waals surface area contributed by atoms with E-state index in [2.05, 4.69) is 22.2 Å². The van der Waals surface area contributed by atoms with Gasteiger partial charge in [-0.2, -0.15) is 9.97 Å². The molecular weight excluding hydrogens is 242 g/mol. The molecule has 0 unspecified atom stereocenters. The molecule has 0 saturated heterocycles. The van der Waals surface area contributed by atoms with Crippen molar-refractivity contribution in [1.82, 2.24) is 9.97 Å². The SMILES string of the molecule is COc1cc(OC)nc(NCC2(C)CCCCC2)n1. The first-order chi connectivity index (χ1) is 9.15. The molecule has 0 amide bonds. The van der Waals surface area contributed by atoms with E-state index in [-0.39, 0.29) is 0 Å². The van der Waals surface area contributed by atoms with Crippen LogP contribution in [0.4, 0.5) is 5.95 Å². The van der Waals surface area contributed by atoms with Crippen LogP contribution in [0.15, 0.2) is 6.07 Å². The van der Waals surface area contributed by atoms with Gasteiger partial charge in [0.2, 0.25) is 17.7 Å². The van der Waals surface area contributed by atoms with Crippen LogP contribution >= 0.6 is 0 Å². The zero-order valence-corrected chi connectivity index (χ0v) is 12.0. The minimum atomic E-state index is 0.345. The van der Waals surface area contributed by atoms with E-state index < -0.39 is 0 Å². The van der Waals surface area contributed by atoms with Crippen LogP contribution in [0.5, 0.6) is 11.8 Å². The Kier molecular flexibility index (Phi) is 4.45. The molecule has 0 bridgehead atoms. The molecule has 106 valence electrons. The van der Waals surface area contributed by atoms with Gasteiger partial charge in [0.05, 0.1) is 20.3 Å². The molecule has 1 N–H and O–H groups in total. The summed E-state index contributed by atoms with van der Waals surface area (Å²) in [6, 6.07) is 1.67. The maximum absolute atomic E-state index is 5.14. The summed E-state index contributed by atoms with van der Waals surface area (Å²) >= 11 is 0. The van der Waals surface area contributed by atoms with Crippen LogP contribution in [0, 0.1) is 5.41 Å². The number of rotatable bonds is 5. The molecule has 0 atom stereocenters. The van der Waals surface area contributed by atoms with Crippen molar-refractivity contribution in [3.05, 3.63) is 6.07 Å². The van der Waals surface area contributed by atoms with Crippen LogP contribution in [-0.2, 0) is 0 Å². The van der Waals surface area contributed by atoms with Gasteiger partial charge in [-0.1, -0.05) is 26.2 Å². The molecule has 5 heteroatoms. The third-order valence-corrected chi connectivity index (χ3v) is 3.83. The topological polar surface area (TPSA) is 56.3 Å². The fourth-order valence-corrected chi connectivity index (χ4v) is 2.57. The summed E-state index contributed by atoms with van der Waals surface area (Å²) in [6.07, 6.45) is 6.53. The lowest BCUT2D eigenvalue weighted by Crippen LogP contribution is -2.29. The molecule has 0 radical (unpaired) electrons. The van der Waals surface area contributed by atoms with Gasteiger partial charge in [-0.15, -0.1) is 0 Å². The van der Waals surface area contributed by atoms with Gasteiger partial charge < -0.3 is 14.8 Å². The third-order valence-electron chi connectivity index (χ3n) is 3.83. The summed E-state index contributed by atoms with van der Waals surface area (Å²) in [5.41, 5.74) is 0.345. The number of nitrogens with one attached hydrogen (secondary N) is 1. The first-order valence-electron chi connectivity index (χ1n) is 6.86. The summed E-state index contributed by atoms with van der Waals surface area (Å²) < 4.78 is 10.3. The van der Waals surface area contributed by atoms with Crippen molar-refractivity contribution in [2.75, 3.05) is 26.1 Å². The van der Waals surface area contributed by atoms with Crippen molar-refractivity contribution >= 4 is 5.95 Å². The molecule has 1 aliphatic rings. The first kappa shape index (κ1) is 13.9. The Morgan fingerprint density at radius 3 is 2.21 bits per heavy atom. The van der Waals surface area contributed by atoms with Crippen LogP contribution in [0.2, 0.25) is 0 Å². The standard InChI is InChI=1S/C14H23N3O2/c1-14(7-5-4-6-8-14)10-15-13-16-11(18-2)9-12(17-13)19-3/h9H,4-8,10H2,1-3H3,(H,15,16,17). The fraction of sp³-hybridized carbons (Fsp3) is 0.714. The molecule has 1 fully saturated rings. The molecule has 5 nitrogen and oxygen atoms in total. The van der Waals surface area contributed by atoms with Gasteiger partial charge in [-0.3, -0.25) is 0 Å². The normalized spacial score (nSPS) is 17.8. The molecule has 19 heavy (non-hydrogen) atoms. The molecule has 1 aliphatic carbocycles. The van der Waals surface area contributed by atoms with Crippen molar-refractivity contribution in [2.45, 2.75) is 39.0 Å². The Labute approximate surface area is 114 Å². The monoisotopic (exact) mass is 265 g/mol. The lowest BCUT2D eigenvalue weighted by Gasteiger charge is -2.33. The minimum absolute atomic E-state index is 0.345. The maximum atomic E-state index is 5.14. The second-order valence-corrected chi connectivity index (χ2v) is 5.50. The Morgan fingerprint density at radius 1 is 1.11 bits per heavy atom. The van der Waals surface area contributed by atoms with Crippen LogP contribution in [-0.4, -0.2) is 30.7 Å². The largest absolute Gasteiger partial charge is 0.481 e. The number of aromatic nitrogens is 2. The molecule has 0 spiro atoms. The van der Waals surface area contributed by atoms with Gasteiger partial charge in [-0.05, 0) is 18.3 Å². The highest BCUT2D eigenvalue weighted by atomic mass is 16.5. The van der Waals surface area contributed by atoms with Gasteiger partial charge in [0, 0.05) is 6.54 Å². The highest BCUT2D eigenvalue weighted by Crippen LogP contribution is 2.35. The summed E-state index contributed by atoms with van der Waals surface area (Å²) in [5.74, 6) is 1.61. The number of nitrogens with zero attached hydrogens (tertiary/aromatic N) is 2. The van der Waals surface area contributed by atoms with Gasteiger partial charge in [-0.25, -0.2) is 0 Å². The van der Waals surface area contributed by atoms with Crippen LogP contribution in [0.1, 0.15) is 39.0 Å². The van der Waals surface area contributed by atoms with Crippen molar-refractivity contribution < 1.29 is 9.47 Å². The maximum Gasteiger partial charge on any atom is 0.229 e. The molecule has 1 saturated carbocycles. The second kappa shape index (κ2) is 6.08. The predicted octanol–water partition coefficient (Wildman–Crippen LogP) is 2.88. The number of anilines is 1. The molecular formula is C14H23N3O2. The second-order valence-electron chi connectivity index (χ2n) is 5.50. The smallest absolute Gasteiger partial charge is 0.229 e. The van der Waals surface area contributed by atoms with Crippen LogP contribution in [0.25, 0.3) is 0 Å². The Bertz CT molecular complexity index is 395. The first-order valence-corrected chi connectivity index (χ1v) is 6.86. The number of methoxy groups -OCH3 is 2. The fourth-order valence-electron chi connectivity index (χ4n) is 2.57. The van der Waals surface area contributed by atoms with Crippen LogP contribution < -0.4 is 14.8 Å². The third kappa shape index (κ3) is 3.72. The molecule has 0 aliphatic heterocycles. The molecule has 1 heterocycles. The number of hydrogen-bond acceptors (Lipinski definition) is 5. The van der Waals surface area contributed by atoms with Gasteiger partial charge in [0.25, 0.3) is 0 Å².